The van der Waals surface area contributed by atoms with E-state index < -0.39 is 0 Å². The fourth-order valence-electron chi connectivity index (χ4n) is 1.05. The molecule has 0 aromatic rings. The molecular formula is C13H16FeO. The van der Waals surface area contributed by atoms with Gasteiger partial charge in [-0.15, -0.1) is 0 Å². The predicted molar refractivity (Wildman–Crippen MR) is 58.4 cm³/mol. The van der Waals surface area contributed by atoms with Crippen LogP contribution in [-0.2, 0) is 21.8 Å². The van der Waals surface area contributed by atoms with Crippen LogP contribution in [0.5, 0.6) is 0 Å². The Morgan fingerprint density at radius 2 is 1.33 bits per heavy atom. The molecule has 0 bridgehead atoms. The maximum atomic E-state index is 5.18. The third-order valence-electron chi connectivity index (χ3n) is 1.76. The van der Waals surface area contributed by atoms with Gasteiger partial charge in [-0.3, -0.25) is 0 Å². The van der Waals surface area contributed by atoms with Gasteiger partial charge in [0.15, 0.2) is 0 Å². The first kappa shape index (κ1) is 15.5. The molecule has 0 atom stereocenters. The molecule has 82 valence electrons. The number of hydrogen-bond donors (Lipinski definition) is 0. The van der Waals surface area contributed by atoms with E-state index in [0.717, 1.165) is 13.2 Å². The molecule has 2 heteroatoms. The van der Waals surface area contributed by atoms with Crippen LogP contribution in [0.25, 0.3) is 0 Å². The Labute approximate surface area is 106 Å². The zero-order valence-electron chi connectivity index (χ0n) is 8.87. The van der Waals surface area contributed by atoms with Crippen molar-refractivity contribution < 1.29 is 21.8 Å². The van der Waals surface area contributed by atoms with E-state index in [-0.39, 0.29) is 17.1 Å². The SMILES string of the molecule is CCOC[C]1[CH][CH][CH][CH]1.[CH]1[CH][CH][CH][CH]1.[Fe]. The van der Waals surface area contributed by atoms with E-state index in [0.29, 0.717) is 0 Å². The Hall–Kier alpha value is 0.479. The van der Waals surface area contributed by atoms with E-state index in [2.05, 4.69) is 12.8 Å². The van der Waals surface area contributed by atoms with Gasteiger partial charge in [0, 0.05) is 29.6 Å². The zero-order chi connectivity index (χ0) is 10.1. The maximum Gasteiger partial charge on any atom is 0.0534 e. The summed E-state index contributed by atoms with van der Waals surface area (Å²) in [7, 11) is 0. The van der Waals surface area contributed by atoms with Gasteiger partial charge in [0.25, 0.3) is 0 Å². The topological polar surface area (TPSA) is 9.23 Å². The van der Waals surface area contributed by atoms with Crippen LogP contribution in [0.3, 0.4) is 0 Å². The van der Waals surface area contributed by atoms with E-state index in [9.17, 15) is 0 Å². The van der Waals surface area contributed by atoms with Crippen molar-refractivity contribution >= 4 is 0 Å². The van der Waals surface area contributed by atoms with Gasteiger partial charge in [0.05, 0.1) is 6.61 Å². The Balaban J connectivity index is 0.000000280. The largest absolute Gasteiger partial charge is 0.381 e. The second kappa shape index (κ2) is 11.0. The average molecular weight is 244 g/mol. The molecule has 0 amide bonds. The van der Waals surface area contributed by atoms with Crippen LogP contribution in [0.1, 0.15) is 6.92 Å². The van der Waals surface area contributed by atoms with E-state index >= 15 is 0 Å². The normalized spacial score (nSPS) is 20.6. The average Bonchev–Trinajstić information content (AvgIpc) is 2.90. The maximum absolute atomic E-state index is 5.18. The monoisotopic (exact) mass is 244 g/mol. The number of ether oxygens (including phenoxy) is 1. The second-order valence-electron chi connectivity index (χ2n) is 2.89. The fraction of sp³-hybridized carbons (Fsp3) is 0.231. The van der Waals surface area contributed by atoms with Crippen LogP contribution in [-0.4, -0.2) is 13.2 Å². The van der Waals surface area contributed by atoms with Gasteiger partial charge in [-0.1, -0.05) is 0 Å². The summed E-state index contributed by atoms with van der Waals surface area (Å²) in [5.74, 6) is 1.26. The number of hydrogen-bond acceptors (Lipinski definition) is 1. The van der Waals surface area contributed by atoms with Crippen LogP contribution in [0.15, 0.2) is 0 Å². The molecule has 0 aromatic heterocycles. The summed E-state index contributed by atoms with van der Waals surface area (Å²) in [5, 5.41) is 0. The van der Waals surface area contributed by atoms with Crippen LogP contribution < -0.4 is 0 Å². The summed E-state index contributed by atoms with van der Waals surface area (Å²) < 4.78 is 5.18. The quantitative estimate of drug-likeness (QED) is 0.693. The van der Waals surface area contributed by atoms with Crippen molar-refractivity contribution in [1.82, 2.24) is 0 Å². The van der Waals surface area contributed by atoms with Crippen LogP contribution in [0.2, 0.25) is 0 Å². The summed E-state index contributed by atoms with van der Waals surface area (Å²) >= 11 is 0. The molecule has 15 heavy (non-hydrogen) atoms. The molecule has 0 saturated heterocycles. The minimum absolute atomic E-state index is 0. The van der Waals surface area contributed by atoms with E-state index in [1.165, 1.54) is 5.92 Å². The second-order valence-corrected chi connectivity index (χ2v) is 2.89. The third kappa shape index (κ3) is 8.30. The number of rotatable bonds is 3. The van der Waals surface area contributed by atoms with E-state index in [1.54, 1.807) is 0 Å². The molecule has 0 aliphatic heterocycles. The first-order valence-electron chi connectivity index (χ1n) is 4.88. The Morgan fingerprint density at radius 1 is 0.867 bits per heavy atom. The van der Waals surface area contributed by atoms with Gasteiger partial charge < -0.3 is 4.74 Å². The summed E-state index contributed by atoms with van der Waals surface area (Å²) in [4.78, 5) is 0. The zero-order valence-corrected chi connectivity index (χ0v) is 9.98. The van der Waals surface area contributed by atoms with Gasteiger partial charge >= 0.3 is 0 Å². The molecule has 10 radical (unpaired) electrons. The molecule has 0 unspecified atom stereocenters. The van der Waals surface area contributed by atoms with Crippen molar-refractivity contribution in [1.29, 1.82) is 0 Å². The molecule has 2 rings (SSSR count). The summed E-state index contributed by atoms with van der Waals surface area (Å²) in [6, 6.07) is 0. The van der Waals surface area contributed by atoms with Crippen molar-refractivity contribution in [2.45, 2.75) is 6.92 Å². The van der Waals surface area contributed by atoms with Gasteiger partial charge in [-0.25, -0.2) is 0 Å². The van der Waals surface area contributed by atoms with Crippen LogP contribution in [0.4, 0.5) is 0 Å². The van der Waals surface area contributed by atoms with Gasteiger partial charge in [0.1, 0.15) is 0 Å². The van der Waals surface area contributed by atoms with Crippen LogP contribution in [0, 0.1) is 63.7 Å². The van der Waals surface area contributed by atoms with E-state index in [4.69, 9.17) is 4.74 Å². The third-order valence-corrected chi connectivity index (χ3v) is 1.76. The van der Waals surface area contributed by atoms with Gasteiger partial charge in [-0.2, -0.15) is 0 Å². The summed E-state index contributed by atoms with van der Waals surface area (Å²) in [6.07, 6.45) is 18.2. The molecule has 2 aliphatic rings. The Morgan fingerprint density at radius 3 is 1.73 bits per heavy atom. The van der Waals surface area contributed by atoms with Gasteiger partial charge in [-0.05, 0) is 64.7 Å². The smallest absolute Gasteiger partial charge is 0.0534 e. The predicted octanol–water partition coefficient (Wildman–Crippen LogP) is 2.45. The standard InChI is InChI=1S/C8H11O.C5H5.Fe/c1-2-9-7-8-5-3-4-6-8;1-2-4-5-3-1;/h3-6H,2,7H2,1H3;1-5H;. The molecule has 0 N–H and O–H groups in total. The van der Waals surface area contributed by atoms with Crippen molar-refractivity contribution in [3.63, 3.8) is 0 Å². The molecule has 2 saturated carbocycles. The summed E-state index contributed by atoms with van der Waals surface area (Å²) in [6.45, 7) is 3.55. The molecule has 0 aromatic carbocycles. The molecule has 1 nitrogen and oxygen atoms in total. The molecule has 0 heterocycles. The van der Waals surface area contributed by atoms with Crippen LogP contribution >= 0.6 is 0 Å². The Bertz CT molecular complexity index is 110. The molecule has 2 aliphatic carbocycles. The van der Waals surface area contributed by atoms with Crippen molar-refractivity contribution in [3.05, 3.63) is 63.7 Å². The fourth-order valence-corrected chi connectivity index (χ4v) is 1.05. The minimum atomic E-state index is 0. The first-order valence-corrected chi connectivity index (χ1v) is 4.88. The van der Waals surface area contributed by atoms with E-state index in [1.807, 2.05) is 51.9 Å². The van der Waals surface area contributed by atoms with Crippen molar-refractivity contribution in [3.8, 4) is 0 Å². The molecule has 0 spiro atoms. The minimum Gasteiger partial charge on any atom is -0.381 e. The summed E-state index contributed by atoms with van der Waals surface area (Å²) in [5.41, 5.74) is 0. The van der Waals surface area contributed by atoms with Crippen molar-refractivity contribution in [2.24, 2.45) is 0 Å². The van der Waals surface area contributed by atoms with Gasteiger partial charge in [0.2, 0.25) is 0 Å². The van der Waals surface area contributed by atoms with Crippen molar-refractivity contribution in [2.75, 3.05) is 13.2 Å². The first-order chi connectivity index (χ1) is 6.93. The molecule has 2 fully saturated rings. The Kier molecular flexibility index (Phi) is 11.3. The molecular weight excluding hydrogens is 228 g/mol.